The highest BCUT2D eigenvalue weighted by Gasteiger charge is 2.07. The van der Waals surface area contributed by atoms with Gasteiger partial charge in [-0.05, 0) is 36.4 Å². The molecule has 3 nitrogen and oxygen atoms in total. The maximum atomic E-state index is 6.22. The molecule has 7 heteroatoms. The molecule has 0 saturated heterocycles. The predicted molar refractivity (Wildman–Crippen MR) is 109 cm³/mol. The molecular weight excluding hydrogens is 411 g/mol. The first-order valence-electron chi connectivity index (χ1n) is 7.60. The minimum absolute atomic E-state index is 0.250. The van der Waals surface area contributed by atoms with Crippen molar-refractivity contribution in [2.45, 2.75) is 16.5 Å². The van der Waals surface area contributed by atoms with Crippen LogP contribution >= 0.6 is 46.6 Å². The Balaban J connectivity index is 1.68. The van der Waals surface area contributed by atoms with E-state index in [4.69, 9.17) is 39.6 Å². The first kappa shape index (κ1) is 19.1. The molecule has 1 aromatic heterocycles. The van der Waals surface area contributed by atoms with Crippen LogP contribution in [-0.2, 0) is 11.4 Å². The molecule has 0 fully saturated rings. The van der Waals surface area contributed by atoms with Crippen molar-refractivity contribution in [3.63, 3.8) is 0 Å². The predicted octanol–water partition coefficient (Wildman–Crippen LogP) is 6.74. The smallest absolute Gasteiger partial charge is 0.143 e. The van der Waals surface area contributed by atoms with Crippen molar-refractivity contribution >= 4 is 52.8 Å². The summed E-state index contributed by atoms with van der Waals surface area (Å²) in [6.07, 6.45) is 3.35. The van der Waals surface area contributed by atoms with Crippen molar-refractivity contribution in [3.05, 3.63) is 87.0 Å². The Kier molecular flexibility index (Phi) is 6.80. The summed E-state index contributed by atoms with van der Waals surface area (Å²) in [5.74, 6) is 0. The minimum Gasteiger partial charge on any atom is -0.391 e. The Morgan fingerprint density at radius 1 is 1.00 bits per heavy atom. The molecule has 2 aromatic carbocycles. The first-order valence-corrected chi connectivity index (χ1v) is 9.55. The van der Waals surface area contributed by atoms with Crippen LogP contribution in [0.3, 0.4) is 0 Å². The molecule has 0 N–H and O–H groups in total. The fourth-order valence-electron chi connectivity index (χ4n) is 2.06. The molecule has 0 amide bonds. The van der Waals surface area contributed by atoms with Crippen LogP contribution in [0, 0.1) is 0 Å². The fourth-order valence-corrected chi connectivity index (χ4v) is 3.65. The zero-order valence-electron chi connectivity index (χ0n) is 13.4. The molecule has 0 unspecified atom stereocenters. The van der Waals surface area contributed by atoms with E-state index in [1.807, 2.05) is 42.5 Å². The highest BCUT2D eigenvalue weighted by molar-refractivity contribution is 7.99. The second kappa shape index (κ2) is 9.28. The lowest BCUT2D eigenvalue weighted by Gasteiger charge is -2.06. The molecule has 3 aromatic rings. The van der Waals surface area contributed by atoms with Crippen molar-refractivity contribution in [3.8, 4) is 0 Å². The maximum Gasteiger partial charge on any atom is 0.143 e. The summed E-state index contributed by atoms with van der Waals surface area (Å²) in [7, 11) is 0. The summed E-state index contributed by atoms with van der Waals surface area (Å²) in [5, 5.41) is 6.62. The number of rotatable bonds is 6. The molecule has 0 saturated carbocycles. The van der Waals surface area contributed by atoms with Crippen LogP contribution in [0.4, 0.5) is 0 Å². The quantitative estimate of drug-likeness (QED) is 0.325. The summed E-state index contributed by atoms with van der Waals surface area (Å²) in [6.45, 7) is 0.250. The van der Waals surface area contributed by atoms with Gasteiger partial charge in [-0.1, -0.05) is 69.9 Å². The molecule has 26 heavy (non-hydrogen) atoms. The zero-order valence-corrected chi connectivity index (χ0v) is 16.5. The third-order valence-corrected chi connectivity index (χ3v) is 5.48. The van der Waals surface area contributed by atoms with Crippen LogP contribution in [0.25, 0.3) is 0 Å². The van der Waals surface area contributed by atoms with Gasteiger partial charge in [-0.3, -0.25) is 0 Å². The van der Waals surface area contributed by atoms with Crippen molar-refractivity contribution in [1.82, 2.24) is 4.98 Å². The van der Waals surface area contributed by atoms with Crippen LogP contribution in [-0.4, -0.2) is 11.2 Å². The second-order valence-electron chi connectivity index (χ2n) is 5.17. The normalized spacial score (nSPS) is 11.0. The lowest BCUT2D eigenvalue weighted by molar-refractivity contribution is 0.132. The largest absolute Gasteiger partial charge is 0.391 e. The van der Waals surface area contributed by atoms with Gasteiger partial charge in [-0.25, -0.2) is 4.98 Å². The van der Waals surface area contributed by atoms with Crippen molar-refractivity contribution < 1.29 is 4.84 Å². The Morgan fingerprint density at radius 2 is 1.85 bits per heavy atom. The fraction of sp³-hybridized carbons (Fsp3) is 0.0526. The van der Waals surface area contributed by atoms with E-state index in [2.05, 4.69) is 10.1 Å². The van der Waals surface area contributed by atoms with E-state index in [0.29, 0.717) is 15.1 Å². The Morgan fingerprint density at radius 3 is 2.65 bits per heavy atom. The van der Waals surface area contributed by atoms with Gasteiger partial charge in [-0.2, -0.15) is 0 Å². The number of benzene rings is 2. The van der Waals surface area contributed by atoms with Gasteiger partial charge >= 0.3 is 0 Å². The molecule has 3 rings (SSSR count). The van der Waals surface area contributed by atoms with Crippen LogP contribution in [0.2, 0.25) is 15.1 Å². The number of hydrogen-bond donors (Lipinski definition) is 0. The van der Waals surface area contributed by atoms with E-state index in [1.165, 1.54) is 11.8 Å². The standard InChI is InChI=1S/C19H13Cl3N2OS/c20-15-8-7-14(17(22)10-15)12-25-24-11-13-4-3-9-23-19(13)26-18-6-2-1-5-16(18)21/h1-11H,12H2/b24-11-. The Hall–Kier alpha value is -1.72. The molecule has 1 heterocycles. The van der Waals surface area contributed by atoms with E-state index >= 15 is 0 Å². The highest BCUT2D eigenvalue weighted by atomic mass is 35.5. The summed E-state index contributed by atoms with van der Waals surface area (Å²) >= 11 is 19.7. The van der Waals surface area contributed by atoms with Gasteiger partial charge in [0, 0.05) is 32.3 Å². The lowest BCUT2D eigenvalue weighted by Crippen LogP contribution is -1.92. The third kappa shape index (κ3) is 5.15. The molecule has 0 bridgehead atoms. The monoisotopic (exact) mass is 422 g/mol. The van der Waals surface area contributed by atoms with Gasteiger partial charge in [0.15, 0.2) is 0 Å². The Bertz CT molecular complexity index is 934. The molecule has 0 spiro atoms. The molecule has 132 valence electrons. The molecule has 0 atom stereocenters. The topological polar surface area (TPSA) is 34.5 Å². The van der Waals surface area contributed by atoms with Crippen molar-refractivity contribution in [2.24, 2.45) is 5.16 Å². The number of aromatic nitrogens is 1. The molecule has 0 radical (unpaired) electrons. The van der Waals surface area contributed by atoms with Gasteiger partial charge in [0.25, 0.3) is 0 Å². The van der Waals surface area contributed by atoms with E-state index in [0.717, 1.165) is 21.0 Å². The summed E-state index contributed by atoms with van der Waals surface area (Å²) < 4.78 is 0. The molecular formula is C19H13Cl3N2OS. The van der Waals surface area contributed by atoms with Crippen LogP contribution in [0.1, 0.15) is 11.1 Å². The maximum absolute atomic E-state index is 6.22. The summed E-state index contributed by atoms with van der Waals surface area (Å²) in [6, 6.07) is 16.6. The van der Waals surface area contributed by atoms with E-state index in [-0.39, 0.29) is 6.61 Å². The van der Waals surface area contributed by atoms with Gasteiger partial charge in [0.05, 0.1) is 11.2 Å². The third-order valence-electron chi connectivity index (χ3n) is 3.35. The SMILES string of the molecule is Clc1ccc(CO/N=C\c2cccnc2Sc2ccccc2Cl)c(Cl)c1. The minimum atomic E-state index is 0.250. The number of hydrogen-bond acceptors (Lipinski definition) is 4. The molecule has 0 aliphatic carbocycles. The second-order valence-corrected chi connectivity index (χ2v) is 7.46. The van der Waals surface area contributed by atoms with E-state index < -0.39 is 0 Å². The average Bonchev–Trinajstić information content (AvgIpc) is 2.63. The van der Waals surface area contributed by atoms with Crippen LogP contribution in [0.15, 0.2) is 75.9 Å². The lowest BCUT2D eigenvalue weighted by atomic mass is 10.2. The number of nitrogens with zero attached hydrogens (tertiary/aromatic N) is 2. The zero-order chi connectivity index (χ0) is 18.4. The molecule has 0 aliphatic heterocycles. The van der Waals surface area contributed by atoms with Gasteiger partial charge in [-0.15, -0.1) is 0 Å². The molecule has 0 aliphatic rings. The van der Waals surface area contributed by atoms with Crippen molar-refractivity contribution in [2.75, 3.05) is 0 Å². The van der Waals surface area contributed by atoms with Gasteiger partial charge < -0.3 is 4.84 Å². The first-order chi connectivity index (χ1) is 12.6. The van der Waals surface area contributed by atoms with E-state index in [9.17, 15) is 0 Å². The van der Waals surface area contributed by atoms with E-state index in [1.54, 1.807) is 24.5 Å². The van der Waals surface area contributed by atoms with Crippen LogP contribution in [0.5, 0.6) is 0 Å². The summed E-state index contributed by atoms with van der Waals surface area (Å²) in [4.78, 5) is 10.7. The average molecular weight is 424 g/mol. The number of halogens is 3. The van der Waals surface area contributed by atoms with Gasteiger partial charge in [0.2, 0.25) is 0 Å². The Labute approximate surface area is 170 Å². The number of oxime groups is 1. The van der Waals surface area contributed by atoms with Crippen LogP contribution < -0.4 is 0 Å². The summed E-state index contributed by atoms with van der Waals surface area (Å²) in [5.41, 5.74) is 1.64. The number of pyridine rings is 1. The highest BCUT2D eigenvalue weighted by Crippen LogP contribution is 2.33. The van der Waals surface area contributed by atoms with Gasteiger partial charge in [0.1, 0.15) is 11.6 Å². The van der Waals surface area contributed by atoms with Crippen molar-refractivity contribution in [1.29, 1.82) is 0 Å².